The summed E-state index contributed by atoms with van der Waals surface area (Å²) in [5.41, 5.74) is 1.39. The van der Waals surface area contributed by atoms with Crippen molar-refractivity contribution in [3.8, 4) is 22.8 Å². The van der Waals surface area contributed by atoms with E-state index < -0.39 is 5.63 Å². The Balaban J connectivity index is 1.47. The molecule has 0 N–H and O–H groups in total. The Morgan fingerprint density at radius 2 is 1.80 bits per heavy atom. The molecule has 0 radical (unpaired) electrons. The highest BCUT2D eigenvalue weighted by Crippen LogP contribution is 2.24. The van der Waals surface area contributed by atoms with Gasteiger partial charge in [0.25, 0.3) is 11.8 Å². The van der Waals surface area contributed by atoms with Crippen LogP contribution in [0.2, 0.25) is 0 Å². The topological polar surface area (TPSA) is 89.4 Å². The molecule has 30 heavy (non-hydrogen) atoms. The van der Waals surface area contributed by atoms with Crippen LogP contribution in [0.15, 0.2) is 68.3 Å². The number of likely N-dealkylation sites (tertiary alicyclic amines) is 1. The lowest BCUT2D eigenvalue weighted by molar-refractivity contribution is 0.0724. The number of piperidine rings is 1. The zero-order valence-electron chi connectivity index (χ0n) is 16.2. The molecular formula is C23H19N3O4. The number of benzene rings is 2. The van der Waals surface area contributed by atoms with E-state index in [1.165, 1.54) is 0 Å². The normalized spacial score (nSPS) is 14.2. The van der Waals surface area contributed by atoms with Gasteiger partial charge in [0.05, 0.1) is 0 Å². The Bertz CT molecular complexity index is 1280. The lowest BCUT2D eigenvalue weighted by Crippen LogP contribution is -2.35. The summed E-state index contributed by atoms with van der Waals surface area (Å²) in [5, 5.41) is 4.77. The Labute approximate surface area is 171 Å². The first-order valence-electron chi connectivity index (χ1n) is 9.96. The highest BCUT2D eigenvalue weighted by molar-refractivity contribution is 5.95. The van der Waals surface area contributed by atoms with Crippen LogP contribution < -0.4 is 5.63 Å². The molecule has 2 aromatic heterocycles. The van der Waals surface area contributed by atoms with E-state index in [2.05, 4.69) is 10.1 Å². The van der Waals surface area contributed by atoms with Crippen LogP contribution in [0, 0.1) is 0 Å². The van der Waals surface area contributed by atoms with Crippen LogP contribution in [-0.2, 0) is 0 Å². The summed E-state index contributed by atoms with van der Waals surface area (Å²) >= 11 is 0. The van der Waals surface area contributed by atoms with Gasteiger partial charge in [0.1, 0.15) is 11.1 Å². The minimum absolute atomic E-state index is 0.00967. The van der Waals surface area contributed by atoms with Gasteiger partial charge in [0.2, 0.25) is 5.82 Å². The smallest absolute Gasteiger partial charge is 0.349 e. The maximum atomic E-state index is 12.8. The van der Waals surface area contributed by atoms with E-state index in [-0.39, 0.29) is 17.4 Å². The van der Waals surface area contributed by atoms with E-state index in [4.69, 9.17) is 8.94 Å². The van der Waals surface area contributed by atoms with Gasteiger partial charge in [0, 0.05) is 29.6 Å². The van der Waals surface area contributed by atoms with Crippen molar-refractivity contribution in [1.29, 1.82) is 0 Å². The van der Waals surface area contributed by atoms with Gasteiger partial charge in [-0.25, -0.2) is 4.79 Å². The first kappa shape index (κ1) is 18.3. The predicted octanol–water partition coefficient (Wildman–Crippen LogP) is 4.14. The van der Waals surface area contributed by atoms with Gasteiger partial charge in [-0.15, -0.1) is 0 Å². The maximum Gasteiger partial charge on any atom is 0.349 e. The molecule has 0 spiro atoms. The molecule has 5 rings (SSSR count). The summed E-state index contributed by atoms with van der Waals surface area (Å²) in [6.45, 7) is 1.57. The Morgan fingerprint density at radius 3 is 2.67 bits per heavy atom. The molecule has 3 heterocycles. The summed E-state index contributed by atoms with van der Waals surface area (Å²) in [4.78, 5) is 31.4. The number of amides is 1. The van der Waals surface area contributed by atoms with Crippen molar-refractivity contribution in [1.82, 2.24) is 15.0 Å². The number of aromatic nitrogens is 2. The average Bonchev–Trinajstić information content (AvgIpc) is 3.29. The summed E-state index contributed by atoms with van der Waals surface area (Å²) < 4.78 is 10.7. The van der Waals surface area contributed by atoms with Crippen LogP contribution >= 0.6 is 0 Å². The number of para-hydroxylation sites is 1. The van der Waals surface area contributed by atoms with Gasteiger partial charge in [-0.2, -0.15) is 4.98 Å². The van der Waals surface area contributed by atoms with Crippen molar-refractivity contribution in [2.24, 2.45) is 0 Å². The first-order valence-corrected chi connectivity index (χ1v) is 9.96. The number of carbonyl (C=O) groups is 1. The lowest BCUT2D eigenvalue weighted by atomic mass is 10.1. The minimum Gasteiger partial charge on any atom is -0.422 e. The third-order valence-corrected chi connectivity index (χ3v) is 5.31. The molecule has 1 fully saturated rings. The van der Waals surface area contributed by atoms with Gasteiger partial charge in [-0.3, -0.25) is 4.79 Å². The van der Waals surface area contributed by atoms with Crippen LogP contribution in [0.5, 0.6) is 0 Å². The second-order valence-corrected chi connectivity index (χ2v) is 7.34. The Hall–Kier alpha value is -3.74. The number of nitrogens with zero attached hydrogens (tertiary/aromatic N) is 3. The first-order chi connectivity index (χ1) is 14.7. The standard InChI is InChI=1S/C23H19N3O4/c27-22(26-11-4-1-5-12-26)17-9-6-8-16(13-17)20-24-21(30-25-20)18-14-15-7-2-3-10-19(15)29-23(18)28/h2-3,6-10,13-14H,1,4-5,11-12H2. The molecule has 1 aliphatic heterocycles. The van der Waals surface area contributed by atoms with Gasteiger partial charge in [0.15, 0.2) is 0 Å². The molecule has 7 heteroatoms. The summed E-state index contributed by atoms with van der Waals surface area (Å²) in [5.74, 6) is 0.401. The third kappa shape index (κ3) is 3.39. The molecule has 0 saturated carbocycles. The van der Waals surface area contributed by atoms with Gasteiger partial charge in [-0.1, -0.05) is 35.5 Å². The van der Waals surface area contributed by atoms with Gasteiger partial charge >= 0.3 is 5.63 Å². The van der Waals surface area contributed by atoms with Crippen LogP contribution in [0.25, 0.3) is 33.8 Å². The van der Waals surface area contributed by atoms with E-state index in [1.807, 2.05) is 23.1 Å². The predicted molar refractivity (Wildman–Crippen MR) is 111 cm³/mol. The number of rotatable bonds is 3. The zero-order valence-corrected chi connectivity index (χ0v) is 16.2. The molecule has 2 aromatic carbocycles. The fourth-order valence-electron chi connectivity index (χ4n) is 3.73. The molecular weight excluding hydrogens is 382 g/mol. The second kappa shape index (κ2) is 7.59. The quantitative estimate of drug-likeness (QED) is 0.480. The Morgan fingerprint density at radius 1 is 0.967 bits per heavy atom. The third-order valence-electron chi connectivity index (χ3n) is 5.31. The van der Waals surface area contributed by atoms with E-state index >= 15 is 0 Å². The molecule has 1 aliphatic rings. The van der Waals surface area contributed by atoms with Crippen molar-refractivity contribution >= 4 is 16.9 Å². The highest BCUT2D eigenvalue weighted by Gasteiger charge is 2.20. The number of hydrogen-bond donors (Lipinski definition) is 0. The maximum absolute atomic E-state index is 12.8. The van der Waals surface area contributed by atoms with Crippen molar-refractivity contribution in [2.75, 3.05) is 13.1 Å². The van der Waals surface area contributed by atoms with Crippen LogP contribution in [0.1, 0.15) is 29.6 Å². The molecule has 1 saturated heterocycles. The van der Waals surface area contributed by atoms with E-state index in [9.17, 15) is 9.59 Å². The Kier molecular flexibility index (Phi) is 4.63. The largest absolute Gasteiger partial charge is 0.422 e. The summed E-state index contributed by atoms with van der Waals surface area (Å²) in [7, 11) is 0. The van der Waals surface area contributed by atoms with E-state index in [0.717, 1.165) is 37.7 Å². The number of carbonyl (C=O) groups excluding carboxylic acids is 1. The van der Waals surface area contributed by atoms with Crippen molar-refractivity contribution in [3.05, 3.63) is 70.6 Å². The van der Waals surface area contributed by atoms with Crippen LogP contribution in [0.4, 0.5) is 0 Å². The fraction of sp³-hybridized carbons (Fsp3) is 0.217. The second-order valence-electron chi connectivity index (χ2n) is 7.34. The SMILES string of the molecule is O=C(c1cccc(-c2noc(-c3cc4ccccc4oc3=O)n2)c1)N1CCCCC1. The van der Waals surface area contributed by atoms with Crippen LogP contribution in [-0.4, -0.2) is 34.0 Å². The van der Waals surface area contributed by atoms with Crippen molar-refractivity contribution < 1.29 is 13.7 Å². The highest BCUT2D eigenvalue weighted by atomic mass is 16.5. The zero-order chi connectivity index (χ0) is 20.5. The molecule has 1 amide bonds. The molecule has 7 nitrogen and oxygen atoms in total. The van der Waals surface area contributed by atoms with Crippen molar-refractivity contribution in [2.45, 2.75) is 19.3 Å². The molecule has 0 aliphatic carbocycles. The van der Waals surface area contributed by atoms with E-state index in [1.54, 1.807) is 36.4 Å². The van der Waals surface area contributed by atoms with E-state index in [0.29, 0.717) is 22.5 Å². The fourth-order valence-corrected chi connectivity index (χ4v) is 3.73. The number of hydrogen-bond acceptors (Lipinski definition) is 6. The molecule has 4 aromatic rings. The van der Waals surface area contributed by atoms with Gasteiger partial charge in [-0.05, 0) is 43.5 Å². The molecule has 0 bridgehead atoms. The van der Waals surface area contributed by atoms with Crippen LogP contribution in [0.3, 0.4) is 0 Å². The van der Waals surface area contributed by atoms with Gasteiger partial charge < -0.3 is 13.8 Å². The average molecular weight is 401 g/mol. The minimum atomic E-state index is -0.544. The lowest BCUT2D eigenvalue weighted by Gasteiger charge is -2.26. The monoisotopic (exact) mass is 401 g/mol. The molecule has 0 unspecified atom stereocenters. The summed E-state index contributed by atoms with van der Waals surface area (Å²) in [6.07, 6.45) is 3.24. The molecule has 0 atom stereocenters. The summed E-state index contributed by atoms with van der Waals surface area (Å²) in [6, 6.07) is 16.1. The van der Waals surface area contributed by atoms with Crippen molar-refractivity contribution in [3.63, 3.8) is 0 Å². The molecule has 150 valence electrons. The number of fused-ring (bicyclic) bond motifs is 1.